The number of hydrogen-bond donors (Lipinski definition) is 0. The van der Waals surface area contributed by atoms with Crippen LogP contribution >= 0.6 is 0 Å². The molecule has 5 aromatic rings. The zero-order valence-electron chi connectivity index (χ0n) is 12.1. The van der Waals surface area contributed by atoms with Crippen molar-refractivity contribution in [3.63, 3.8) is 0 Å². The van der Waals surface area contributed by atoms with Crippen molar-refractivity contribution < 1.29 is 4.42 Å². The highest BCUT2D eigenvalue weighted by Gasteiger charge is 2.14. The zero-order valence-corrected chi connectivity index (χ0v) is 12.1. The predicted molar refractivity (Wildman–Crippen MR) is 90.0 cm³/mol. The molecule has 23 heavy (non-hydrogen) atoms. The van der Waals surface area contributed by atoms with E-state index in [4.69, 9.17) is 9.40 Å². The van der Waals surface area contributed by atoms with Crippen molar-refractivity contribution in [3.05, 3.63) is 67.1 Å². The Balaban J connectivity index is 1.87. The number of rotatable bonds is 1. The van der Waals surface area contributed by atoms with E-state index >= 15 is 0 Å². The number of nitrogens with zero attached hydrogens (tertiary/aromatic N) is 3. The molecule has 0 saturated heterocycles. The lowest BCUT2D eigenvalue weighted by Gasteiger charge is -2.04. The molecule has 0 amide bonds. The van der Waals surface area contributed by atoms with Crippen LogP contribution in [0.15, 0.2) is 71.5 Å². The smallest absolute Gasteiger partial charge is 0.172 e. The molecule has 2 aromatic carbocycles. The van der Waals surface area contributed by atoms with Gasteiger partial charge in [0.1, 0.15) is 17.4 Å². The summed E-state index contributed by atoms with van der Waals surface area (Å²) in [6.07, 6.45) is 3.24. The van der Waals surface area contributed by atoms with Crippen molar-refractivity contribution in [3.8, 4) is 11.3 Å². The molecule has 0 aliphatic rings. The third kappa shape index (κ3) is 1.82. The van der Waals surface area contributed by atoms with Crippen LogP contribution in [0.3, 0.4) is 0 Å². The fraction of sp³-hybridized carbons (Fsp3) is 0. The lowest BCUT2D eigenvalue weighted by Crippen LogP contribution is -1.86. The Morgan fingerprint density at radius 1 is 0.826 bits per heavy atom. The number of fused-ring (bicyclic) bond motifs is 4. The maximum Gasteiger partial charge on any atom is 0.172 e. The van der Waals surface area contributed by atoms with Gasteiger partial charge in [-0.1, -0.05) is 36.4 Å². The Bertz CT molecular complexity index is 1180. The van der Waals surface area contributed by atoms with Crippen molar-refractivity contribution >= 4 is 33.0 Å². The van der Waals surface area contributed by atoms with E-state index in [0.29, 0.717) is 5.58 Å². The van der Waals surface area contributed by atoms with Crippen LogP contribution in [-0.2, 0) is 0 Å². The molecule has 0 saturated carbocycles. The lowest BCUT2D eigenvalue weighted by atomic mass is 10.0. The average molecular weight is 297 g/mol. The van der Waals surface area contributed by atoms with Crippen LogP contribution < -0.4 is 0 Å². The largest absolute Gasteiger partial charge is 0.453 e. The van der Waals surface area contributed by atoms with E-state index in [1.165, 1.54) is 0 Å². The topological polar surface area (TPSA) is 51.8 Å². The number of benzene rings is 2. The lowest BCUT2D eigenvalue weighted by molar-refractivity contribution is 0.665. The minimum atomic E-state index is 0.690. The van der Waals surface area contributed by atoms with Gasteiger partial charge in [0.2, 0.25) is 0 Å². The van der Waals surface area contributed by atoms with Gasteiger partial charge in [-0.05, 0) is 18.2 Å². The molecule has 108 valence electrons. The van der Waals surface area contributed by atoms with Gasteiger partial charge in [0.25, 0.3) is 0 Å². The van der Waals surface area contributed by atoms with Crippen molar-refractivity contribution in [2.24, 2.45) is 0 Å². The van der Waals surface area contributed by atoms with Gasteiger partial charge in [0.05, 0.1) is 22.8 Å². The van der Waals surface area contributed by atoms with Gasteiger partial charge in [-0.3, -0.25) is 0 Å². The molecule has 0 bridgehead atoms. The molecule has 4 heteroatoms. The van der Waals surface area contributed by atoms with Gasteiger partial charge >= 0.3 is 0 Å². The fourth-order valence-corrected chi connectivity index (χ4v) is 2.99. The Kier molecular flexibility index (Phi) is 2.46. The minimum absolute atomic E-state index is 0.690. The van der Waals surface area contributed by atoms with Crippen molar-refractivity contribution in [2.45, 2.75) is 0 Å². The fourth-order valence-electron chi connectivity index (χ4n) is 2.99. The molecule has 0 radical (unpaired) electrons. The summed E-state index contributed by atoms with van der Waals surface area (Å²) < 4.78 is 5.85. The molecule has 0 aliphatic carbocycles. The van der Waals surface area contributed by atoms with Crippen LogP contribution in [0.4, 0.5) is 0 Å². The van der Waals surface area contributed by atoms with Crippen LogP contribution in [0, 0.1) is 0 Å². The van der Waals surface area contributed by atoms with E-state index in [9.17, 15) is 0 Å². The molecule has 0 spiro atoms. The monoisotopic (exact) mass is 297 g/mol. The highest BCUT2D eigenvalue weighted by atomic mass is 16.3. The molecular weight excluding hydrogens is 286 g/mol. The summed E-state index contributed by atoms with van der Waals surface area (Å²) in [6.45, 7) is 0. The van der Waals surface area contributed by atoms with Crippen molar-refractivity contribution in [1.29, 1.82) is 0 Å². The summed E-state index contributed by atoms with van der Waals surface area (Å²) in [5.41, 5.74) is 5.22. The maximum absolute atomic E-state index is 5.85. The van der Waals surface area contributed by atoms with E-state index in [0.717, 1.165) is 38.6 Å². The van der Waals surface area contributed by atoms with E-state index in [1.807, 2.05) is 36.4 Å². The summed E-state index contributed by atoms with van der Waals surface area (Å²) >= 11 is 0. The number of hydrogen-bond acceptors (Lipinski definition) is 4. The summed E-state index contributed by atoms with van der Waals surface area (Å²) in [5, 5.41) is 2.11. The quantitative estimate of drug-likeness (QED) is 0.454. The molecule has 0 aliphatic heterocycles. The average Bonchev–Trinajstić information content (AvgIpc) is 3.00. The van der Waals surface area contributed by atoms with Crippen molar-refractivity contribution in [1.82, 2.24) is 15.0 Å². The molecule has 0 atom stereocenters. The summed E-state index contributed by atoms with van der Waals surface area (Å²) in [7, 11) is 0. The first-order chi connectivity index (χ1) is 11.4. The number of para-hydroxylation sites is 1. The molecule has 3 aromatic heterocycles. The second-order valence-electron chi connectivity index (χ2n) is 5.41. The van der Waals surface area contributed by atoms with Crippen molar-refractivity contribution in [2.75, 3.05) is 0 Å². The van der Waals surface area contributed by atoms with Gasteiger partial charge < -0.3 is 4.42 Å². The van der Waals surface area contributed by atoms with Gasteiger partial charge in [0, 0.05) is 10.9 Å². The first kappa shape index (κ1) is 12.3. The highest BCUT2D eigenvalue weighted by molar-refractivity contribution is 6.10. The number of furan rings is 1. The molecule has 4 nitrogen and oxygen atoms in total. The van der Waals surface area contributed by atoms with Crippen LogP contribution in [0.1, 0.15) is 0 Å². The third-order valence-corrected chi connectivity index (χ3v) is 4.04. The van der Waals surface area contributed by atoms with Crippen LogP contribution in [-0.4, -0.2) is 15.0 Å². The van der Waals surface area contributed by atoms with Crippen LogP contribution in [0.5, 0.6) is 0 Å². The van der Waals surface area contributed by atoms with E-state index in [1.54, 1.807) is 12.5 Å². The molecule has 0 N–H and O–H groups in total. The molecule has 0 fully saturated rings. The van der Waals surface area contributed by atoms with E-state index in [2.05, 4.69) is 28.2 Å². The number of aromatic nitrogens is 3. The summed E-state index contributed by atoms with van der Waals surface area (Å²) in [4.78, 5) is 13.2. The van der Waals surface area contributed by atoms with Crippen LogP contribution in [0.2, 0.25) is 0 Å². The van der Waals surface area contributed by atoms with Crippen LogP contribution in [0.25, 0.3) is 44.2 Å². The second-order valence-corrected chi connectivity index (χ2v) is 5.41. The summed E-state index contributed by atoms with van der Waals surface area (Å²) in [6, 6.07) is 18.2. The van der Waals surface area contributed by atoms with Gasteiger partial charge in [0.15, 0.2) is 5.58 Å². The van der Waals surface area contributed by atoms with E-state index < -0.39 is 0 Å². The standard InChI is InChI=1S/C19H11N3O/c1-2-6-14-12(4-1)8-9-15(22-14)13-5-3-7-16-18(13)19-17(23-16)10-20-11-21-19/h1-11H. The van der Waals surface area contributed by atoms with Gasteiger partial charge in [-0.25, -0.2) is 15.0 Å². The third-order valence-electron chi connectivity index (χ3n) is 4.04. The Hall–Kier alpha value is -3.27. The Morgan fingerprint density at radius 3 is 2.78 bits per heavy atom. The normalized spacial score (nSPS) is 11.5. The highest BCUT2D eigenvalue weighted by Crippen LogP contribution is 2.34. The maximum atomic E-state index is 5.85. The zero-order chi connectivity index (χ0) is 15.2. The first-order valence-electron chi connectivity index (χ1n) is 7.37. The molecule has 5 rings (SSSR count). The molecule has 3 heterocycles. The minimum Gasteiger partial charge on any atom is -0.453 e. The first-order valence-corrected chi connectivity index (χ1v) is 7.37. The Labute approximate surface area is 131 Å². The Morgan fingerprint density at radius 2 is 1.78 bits per heavy atom. The SMILES string of the molecule is c1ccc2nc(-c3cccc4oc5cncnc5c34)ccc2c1. The van der Waals surface area contributed by atoms with Gasteiger partial charge in [-0.2, -0.15) is 0 Å². The summed E-state index contributed by atoms with van der Waals surface area (Å²) in [5.74, 6) is 0. The predicted octanol–water partition coefficient (Wildman–Crippen LogP) is 4.59. The molecular formula is C19H11N3O. The second kappa shape index (κ2) is 4.61. The van der Waals surface area contributed by atoms with E-state index in [-0.39, 0.29) is 0 Å². The molecule has 0 unspecified atom stereocenters. The van der Waals surface area contributed by atoms with Gasteiger partial charge in [-0.15, -0.1) is 0 Å². The number of pyridine rings is 1.